The van der Waals surface area contributed by atoms with E-state index in [2.05, 4.69) is 6.07 Å². The first-order chi connectivity index (χ1) is 14.3. The number of hydrogen-bond acceptors (Lipinski definition) is 6. The number of aryl methyl sites for hydroxylation is 2. The van der Waals surface area contributed by atoms with Crippen molar-refractivity contribution in [1.29, 1.82) is 5.26 Å². The summed E-state index contributed by atoms with van der Waals surface area (Å²) in [5.41, 5.74) is 9.42. The first-order valence-corrected chi connectivity index (χ1v) is 9.66. The van der Waals surface area contributed by atoms with Crippen LogP contribution in [0.5, 0.6) is 11.5 Å². The Hall–Kier alpha value is -3.72. The molecule has 3 rings (SSSR count). The van der Waals surface area contributed by atoms with E-state index in [1.165, 1.54) is 5.56 Å². The first-order valence-electron chi connectivity index (χ1n) is 9.66. The van der Waals surface area contributed by atoms with E-state index in [9.17, 15) is 10.1 Å². The normalized spacial score (nSPS) is 16.0. The molecule has 1 unspecified atom stereocenters. The van der Waals surface area contributed by atoms with Crippen LogP contribution in [0.1, 0.15) is 36.5 Å². The minimum Gasteiger partial charge on any atom is -0.463 e. The minimum atomic E-state index is -0.668. The van der Waals surface area contributed by atoms with Crippen molar-refractivity contribution in [3.05, 3.63) is 81.9 Å². The van der Waals surface area contributed by atoms with E-state index in [1.54, 1.807) is 26.0 Å². The Labute approximate surface area is 176 Å². The third-order valence-electron chi connectivity index (χ3n) is 5.03. The molecular formula is C24H24N2O4. The molecule has 0 saturated heterocycles. The molecule has 1 atom stereocenters. The molecule has 1 aliphatic rings. The Morgan fingerprint density at radius 1 is 1.10 bits per heavy atom. The van der Waals surface area contributed by atoms with Crippen molar-refractivity contribution >= 4 is 5.97 Å². The van der Waals surface area contributed by atoms with Crippen LogP contribution in [0.4, 0.5) is 0 Å². The second kappa shape index (κ2) is 8.75. The van der Waals surface area contributed by atoms with Gasteiger partial charge in [-0.05, 0) is 68.7 Å². The van der Waals surface area contributed by atoms with Crippen LogP contribution in [0.25, 0.3) is 0 Å². The number of esters is 1. The largest absolute Gasteiger partial charge is 0.463 e. The van der Waals surface area contributed by atoms with Crippen LogP contribution in [0.3, 0.4) is 0 Å². The summed E-state index contributed by atoms with van der Waals surface area (Å²) < 4.78 is 16.5. The lowest BCUT2D eigenvalue weighted by Gasteiger charge is -2.26. The molecule has 1 heterocycles. The SMILES string of the molecule is CCOC(=O)C1=C(C)OC(N)=C(C#N)C1c1ccc(Oc2ccc(C)c(C)c2)cc1. The topological polar surface area (TPSA) is 94.6 Å². The van der Waals surface area contributed by atoms with Crippen LogP contribution < -0.4 is 10.5 Å². The Balaban J connectivity index is 1.95. The van der Waals surface area contributed by atoms with Gasteiger partial charge >= 0.3 is 5.97 Å². The number of benzene rings is 2. The highest BCUT2D eigenvalue weighted by atomic mass is 16.5. The van der Waals surface area contributed by atoms with Gasteiger partial charge in [0.05, 0.1) is 18.1 Å². The average Bonchev–Trinajstić information content (AvgIpc) is 2.71. The molecule has 0 bridgehead atoms. The number of carbonyl (C=O) groups is 1. The maximum Gasteiger partial charge on any atom is 0.338 e. The lowest BCUT2D eigenvalue weighted by atomic mass is 9.83. The molecule has 0 amide bonds. The van der Waals surface area contributed by atoms with Crippen LogP contribution >= 0.6 is 0 Å². The van der Waals surface area contributed by atoms with Crippen LogP contribution in [0.2, 0.25) is 0 Å². The number of ether oxygens (including phenoxy) is 3. The quantitative estimate of drug-likeness (QED) is 0.723. The number of hydrogen-bond donors (Lipinski definition) is 1. The molecular weight excluding hydrogens is 380 g/mol. The van der Waals surface area contributed by atoms with Crippen molar-refractivity contribution in [2.75, 3.05) is 6.61 Å². The van der Waals surface area contributed by atoms with Gasteiger partial charge in [0.25, 0.3) is 0 Å². The molecule has 2 aromatic carbocycles. The molecule has 0 aliphatic carbocycles. The highest BCUT2D eigenvalue weighted by Crippen LogP contribution is 2.40. The van der Waals surface area contributed by atoms with Crippen molar-refractivity contribution in [3.8, 4) is 17.6 Å². The van der Waals surface area contributed by atoms with Gasteiger partial charge in [0, 0.05) is 0 Å². The third-order valence-corrected chi connectivity index (χ3v) is 5.03. The average molecular weight is 404 g/mol. The van der Waals surface area contributed by atoms with Crippen LogP contribution in [-0.4, -0.2) is 12.6 Å². The fraction of sp³-hybridized carbons (Fsp3) is 0.250. The molecule has 1 aliphatic heterocycles. The minimum absolute atomic E-state index is 0.0106. The lowest BCUT2D eigenvalue weighted by molar-refractivity contribution is -0.139. The zero-order chi connectivity index (χ0) is 21.8. The van der Waals surface area contributed by atoms with Gasteiger partial charge in [-0.2, -0.15) is 5.26 Å². The highest BCUT2D eigenvalue weighted by molar-refractivity contribution is 5.92. The zero-order valence-electron chi connectivity index (χ0n) is 17.5. The van der Waals surface area contributed by atoms with Crippen LogP contribution in [-0.2, 0) is 14.3 Å². The van der Waals surface area contributed by atoms with Gasteiger partial charge in [-0.15, -0.1) is 0 Å². The highest BCUT2D eigenvalue weighted by Gasteiger charge is 2.36. The van der Waals surface area contributed by atoms with E-state index >= 15 is 0 Å². The summed E-state index contributed by atoms with van der Waals surface area (Å²) in [6, 6.07) is 15.2. The van der Waals surface area contributed by atoms with Crippen molar-refractivity contribution in [2.24, 2.45) is 5.73 Å². The van der Waals surface area contributed by atoms with Crippen LogP contribution in [0, 0.1) is 25.2 Å². The van der Waals surface area contributed by atoms with E-state index < -0.39 is 11.9 Å². The Morgan fingerprint density at radius 2 is 1.77 bits per heavy atom. The molecule has 154 valence electrons. The van der Waals surface area contributed by atoms with E-state index in [4.69, 9.17) is 19.9 Å². The summed E-state index contributed by atoms with van der Waals surface area (Å²) in [5.74, 6) is 0.493. The predicted molar refractivity (Wildman–Crippen MR) is 112 cm³/mol. The second-order valence-corrected chi connectivity index (χ2v) is 7.03. The van der Waals surface area contributed by atoms with Gasteiger partial charge in [-0.3, -0.25) is 0 Å². The Kier molecular flexibility index (Phi) is 6.12. The number of allylic oxidation sites excluding steroid dienone is 2. The Morgan fingerprint density at radius 3 is 2.37 bits per heavy atom. The van der Waals surface area contributed by atoms with Crippen molar-refractivity contribution in [2.45, 2.75) is 33.6 Å². The number of nitriles is 1. The lowest BCUT2D eigenvalue weighted by Crippen LogP contribution is -2.25. The van der Waals surface area contributed by atoms with Crippen LogP contribution in [0.15, 0.2) is 65.3 Å². The molecule has 0 saturated carbocycles. The summed E-state index contributed by atoms with van der Waals surface area (Å²) in [4.78, 5) is 12.6. The molecule has 30 heavy (non-hydrogen) atoms. The number of rotatable bonds is 5. The van der Waals surface area contributed by atoms with E-state index in [-0.39, 0.29) is 23.6 Å². The van der Waals surface area contributed by atoms with Gasteiger partial charge in [-0.1, -0.05) is 18.2 Å². The van der Waals surface area contributed by atoms with Crippen molar-refractivity contribution < 1.29 is 19.0 Å². The molecule has 2 N–H and O–H groups in total. The number of nitrogens with zero attached hydrogens (tertiary/aromatic N) is 1. The molecule has 6 nitrogen and oxygen atoms in total. The number of nitrogens with two attached hydrogens (primary N) is 1. The monoisotopic (exact) mass is 404 g/mol. The molecule has 6 heteroatoms. The summed E-state index contributed by atoms with van der Waals surface area (Å²) in [5, 5.41) is 9.64. The van der Waals surface area contributed by atoms with Gasteiger partial charge in [0.2, 0.25) is 5.88 Å². The second-order valence-electron chi connectivity index (χ2n) is 7.03. The summed E-state index contributed by atoms with van der Waals surface area (Å²) in [7, 11) is 0. The first kappa shape index (κ1) is 21.0. The third kappa shape index (κ3) is 4.15. The molecule has 2 aromatic rings. The van der Waals surface area contributed by atoms with Gasteiger partial charge in [-0.25, -0.2) is 4.79 Å². The van der Waals surface area contributed by atoms with E-state index in [0.717, 1.165) is 11.3 Å². The fourth-order valence-corrected chi connectivity index (χ4v) is 3.33. The smallest absolute Gasteiger partial charge is 0.338 e. The van der Waals surface area contributed by atoms with E-state index in [1.807, 2.05) is 44.2 Å². The summed E-state index contributed by atoms with van der Waals surface area (Å²) >= 11 is 0. The molecule has 0 aromatic heterocycles. The fourth-order valence-electron chi connectivity index (χ4n) is 3.33. The van der Waals surface area contributed by atoms with Crippen molar-refractivity contribution in [1.82, 2.24) is 0 Å². The summed E-state index contributed by atoms with van der Waals surface area (Å²) in [6.07, 6.45) is 0. The van der Waals surface area contributed by atoms with Gasteiger partial charge in [0.15, 0.2) is 0 Å². The van der Waals surface area contributed by atoms with Gasteiger partial charge < -0.3 is 19.9 Å². The Bertz CT molecular complexity index is 1080. The maximum atomic E-state index is 12.6. The van der Waals surface area contributed by atoms with Gasteiger partial charge in [0.1, 0.15) is 28.9 Å². The van der Waals surface area contributed by atoms with Crippen molar-refractivity contribution in [3.63, 3.8) is 0 Å². The van der Waals surface area contributed by atoms with E-state index in [0.29, 0.717) is 17.1 Å². The summed E-state index contributed by atoms with van der Waals surface area (Å²) in [6.45, 7) is 7.65. The molecule has 0 fully saturated rings. The molecule has 0 radical (unpaired) electrons. The number of carbonyl (C=O) groups excluding carboxylic acids is 1. The zero-order valence-corrected chi connectivity index (χ0v) is 17.5. The predicted octanol–water partition coefficient (Wildman–Crippen LogP) is 4.74. The maximum absolute atomic E-state index is 12.6. The molecule has 0 spiro atoms. The standard InChI is InChI=1S/C24H24N2O4/c1-5-28-24(27)21-16(4)29-23(26)20(13-25)22(21)17-7-10-18(11-8-17)30-19-9-6-14(2)15(3)12-19/h6-12,22H,5,26H2,1-4H3.